The van der Waals surface area contributed by atoms with Crippen LogP contribution in [0.5, 0.6) is 0 Å². The highest BCUT2D eigenvalue weighted by atomic mass is 32.3. The summed E-state index contributed by atoms with van der Waals surface area (Å²) in [4.78, 5) is 0. The van der Waals surface area contributed by atoms with Crippen molar-refractivity contribution in [3.63, 3.8) is 0 Å². The third-order valence-electron chi connectivity index (χ3n) is 0.612. The van der Waals surface area contributed by atoms with E-state index in [4.69, 9.17) is 5.73 Å². The Bertz CT molecular complexity index is 22.8. The molecule has 0 radical (unpaired) electrons. The fourth-order valence-electron chi connectivity index (χ4n) is 0.256. The number of nitrogens with two attached hydrogens (primary N) is 1. The first kappa shape index (κ1) is 6.53. The maximum absolute atomic E-state index is 5.20. The van der Waals surface area contributed by atoms with Crippen LogP contribution < -0.4 is 5.73 Å². The van der Waals surface area contributed by atoms with Gasteiger partial charge in [-0.15, -0.1) is 0 Å². The van der Waals surface area contributed by atoms with E-state index < -0.39 is 0 Å². The molecule has 0 aliphatic carbocycles. The van der Waals surface area contributed by atoms with Gasteiger partial charge in [0.2, 0.25) is 0 Å². The maximum Gasteiger partial charge on any atom is 0.0813 e. The van der Waals surface area contributed by atoms with Gasteiger partial charge in [-0.2, -0.15) is 0 Å². The summed E-state index contributed by atoms with van der Waals surface area (Å²) in [5, 5.41) is 0. The second kappa shape index (κ2) is 5.53. The van der Waals surface area contributed by atoms with Crippen molar-refractivity contribution in [2.45, 2.75) is 12.5 Å². The van der Waals surface area contributed by atoms with Crippen LogP contribution in [0.1, 0.15) is 6.42 Å². The van der Waals surface area contributed by atoms with Crippen LogP contribution in [0.15, 0.2) is 0 Å². The van der Waals surface area contributed by atoms with E-state index >= 15 is 0 Å². The molecule has 2 N–H and O–H groups in total. The SMILES string of the molecule is NCCC[SiH2]S. The average Bonchev–Trinajstić information content (AvgIpc) is 1.61. The lowest BCUT2D eigenvalue weighted by atomic mass is 10.5. The molecule has 0 aromatic carbocycles. The van der Waals surface area contributed by atoms with Gasteiger partial charge in [0.25, 0.3) is 0 Å². The predicted octanol–water partition coefficient (Wildman–Crippen LogP) is -0.233. The molecule has 0 aromatic heterocycles. The van der Waals surface area contributed by atoms with E-state index in [9.17, 15) is 0 Å². The van der Waals surface area contributed by atoms with E-state index in [1.165, 1.54) is 12.5 Å². The zero-order valence-corrected chi connectivity index (χ0v) is 6.16. The largest absolute Gasteiger partial charge is 0.330 e. The minimum atomic E-state index is 0.0174. The summed E-state index contributed by atoms with van der Waals surface area (Å²) < 4.78 is 0. The maximum atomic E-state index is 5.20. The van der Waals surface area contributed by atoms with Gasteiger partial charge in [0.05, 0.1) is 8.67 Å². The fourth-order valence-corrected chi connectivity index (χ4v) is 1.44. The van der Waals surface area contributed by atoms with Gasteiger partial charge in [-0.1, -0.05) is 6.04 Å². The quantitative estimate of drug-likeness (QED) is 0.301. The third kappa shape index (κ3) is 4.53. The van der Waals surface area contributed by atoms with Crippen molar-refractivity contribution in [3.05, 3.63) is 0 Å². The Hall–Kier alpha value is 0.527. The highest BCUT2D eigenvalue weighted by Gasteiger charge is 1.77. The molecule has 0 fully saturated rings. The second-order valence-corrected chi connectivity index (χ2v) is 3.72. The highest BCUT2D eigenvalue weighted by Crippen LogP contribution is 1.84. The van der Waals surface area contributed by atoms with Crippen LogP contribution in [-0.4, -0.2) is 15.2 Å². The number of thiol groups is 1. The topological polar surface area (TPSA) is 26.0 Å². The summed E-state index contributed by atoms with van der Waals surface area (Å²) in [7, 11) is 0.0174. The molecule has 3 heteroatoms. The predicted molar refractivity (Wildman–Crippen MR) is 36.0 cm³/mol. The number of rotatable bonds is 3. The van der Waals surface area contributed by atoms with E-state index in [0.29, 0.717) is 0 Å². The summed E-state index contributed by atoms with van der Waals surface area (Å²) in [6, 6.07) is 1.29. The van der Waals surface area contributed by atoms with Crippen molar-refractivity contribution in [2.24, 2.45) is 5.73 Å². The molecule has 1 nitrogen and oxygen atoms in total. The zero-order valence-electron chi connectivity index (χ0n) is 3.85. The summed E-state index contributed by atoms with van der Waals surface area (Å²) in [6.45, 7) is 0.841. The Morgan fingerprint density at radius 1 is 1.67 bits per heavy atom. The van der Waals surface area contributed by atoms with E-state index in [1.54, 1.807) is 0 Å². The van der Waals surface area contributed by atoms with Crippen LogP contribution in [0.4, 0.5) is 0 Å². The Morgan fingerprint density at radius 3 is 2.50 bits per heavy atom. The van der Waals surface area contributed by atoms with Gasteiger partial charge in [-0.3, -0.25) is 0 Å². The monoisotopic (exact) mass is 121 g/mol. The van der Waals surface area contributed by atoms with Crippen molar-refractivity contribution in [2.75, 3.05) is 6.54 Å². The van der Waals surface area contributed by atoms with Gasteiger partial charge in [0, 0.05) is 0 Å². The van der Waals surface area contributed by atoms with Crippen molar-refractivity contribution >= 4 is 20.7 Å². The molecular weight excluding hydrogens is 110 g/mol. The van der Waals surface area contributed by atoms with Gasteiger partial charge in [-0.25, -0.2) is 12.1 Å². The molecule has 0 saturated carbocycles. The lowest BCUT2D eigenvalue weighted by Gasteiger charge is -1.85. The van der Waals surface area contributed by atoms with Crippen molar-refractivity contribution in [1.29, 1.82) is 0 Å². The number of hydrogen-bond donors (Lipinski definition) is 2. The first-order chi connectivity index (χ1) is 2.91. The summed E-state index contributed by atoms with van der Waals surface area (Å²) in [5.41, 5.74) is 5.20. The van der Waals surface area contributed by atoms with Crippen LogP contribution >= 0.6 is 12.1 Å². The first-order valence-corrected chi connectivity index (χ1v) is 5.75. The average molecular weight is 121 g/mol. The van der Waals surface area contributed by atoms with Gasteiger partial charge < -0.3 is 5.73 Å². The minimum Gasteiger partial charge on any atom is -0.330 e. The van der Waals surface area contributed by atoms with Gasteiger partial charge in [-0.05, 0) is 13.0 Å². The van der Waals surface area contributed by atoms with E-state index in [-0.39, 0.29) is 8.67 Å². The van der Waals surface area contributed by atoms with E-state index in [0.717, 1.165) is 6.54 Å². The van der Waals surface area contributed by atoms with Crippen molar-refractivity contribution < 1.29 is 0 Å². The Morgan fingerprint density at radius 2 is 2.33 bits per heavy atom. The van der Waals surface area contributed by atoms with Gasteiger partial charge >= 0.3 is 0 Å². The molecule has 0 aromatic rings. The Kier molecular flexibility index (Phi) is 6.01. The molecular formula is C3H11NSSi. The molecule has 0 aliphatic rings. The van der Waals surface area contributed by atoms with Gasteiger partial charge in [0.1, 0.15) is 0 Å². The molecule has 0 heterocycles. The van der Waals surface area contributed by atoms with Crippen molar-refractivity contribution in [3.8, 4) is 0 Å². The Labute approximate surface area is 46.2 Å². The summed E-state index contributed by atoms with van der Waals surface area (Å²) >= 11 is 4.14. The standard InChI is InChI=1S/C3H11NSSi/c4-2-1-3-6-5/h5H,1-4,6H2. The molecule has 0 spiro atoms. The molecule has 0 atom stereocenters. The summed E-state index contributed by atoms with van der Waals surface area (Å²) in [5.74, 6) is 0. The molecule has 0 unspecified atom stereocenters. The second-order valence-electron chi connectivity index (χ2n) is 1.22. The molecule has 6 heavy (non-hydrogen) atoms. The van der Waals surface area contributed by atoms with Crippen molar-refractivity contribution in [1.82, 2.24) is 0 Å². The van der Waals surface area contributed by atoms with E-state index in [2.05, 4.69) is 12.1 Å². The van der Waals surface area contributed by atoms with E-state index in [1.807, 2.05) is 0 Å². The summed E-state index contributed by atoms with van der Waals surface area (Å²) in [6.07, 6.45) is 1.18. The smallest absolute Gasteiger partial charge is 0.0813 e. The minimum absolute atomic E-state index is 0.0174. The normalized spacial score (nSPS) is 11.0. The van der Waals surface area contributed by atoms with Crippen LogP contribution in [-0.2, 0) is 0 Å². The zero-order chi connectivity index (χ0) is 4.83. The molecule has 0 aliphatic heterocycles. The number of hydrogen-bond acceptors (Lipinski definition) is 2. The highest BCUT2D eigenvalue weighted by molar-refractivity contribution is 8.06. The first-order valence-electron chi connectivity index (χ1n) is 2.22. The molecule has 0 saturated heterocycles. The van der Waals surface area contributed by atoms with Crippen LogP contribution in [0.2, 0.25) is 6.04 Å². The molecule has 0 bridgehead atoms. The molecule has 0 rings (SSSR count). The van der Waals surface area contributed by atoms with Gasteiger partial charge in [0.15, 0.2) is 0 Å². The third-order valence-corrected chi connectivity index (χ3v) is 2.38. The van der Waals surface area contributed by atoms with Crippen LogP contribution in [0, 0.1) is 0 Å². The lowest BCUT2D eigenvalue weighted by Crippen LogP contribution is -1.97. The fraction of sp³-hybridized carbons (Fsp3) is 1.00. The van der Waals surface area contributed by atoms with Crippen LogP contribution in [0.25, 0.3) is 0 Å². The molecule has 38 valence electrons. The Balaban J connectivity index is 2.34. The van der Waals surface area contributed by atoms with Crippen LogP contribution in [0.3, 0.4) is 0 Å². The molecule has 0 amide bonds. The lowest BCUT2D eigenvalue weighted by molar-refractivity contribution is 0.929.